The first-order valence-corrected chi connectivity index (χ1v) is 17.5. The van der Waals surface area contributed by atoms with Crippen molar-refractivity contribution in [1.29, 1.82) is 0 Å². The zero-order valence-electron chi connectivity index (χ0n) is 26.6. The van der Waals surface area contributed by atoms with E-state index in [9.17, 15) is 24.3 Å². The summed E-state index contributed by atoms with van der Waals surface area (Å²) in [4.78, 5) is 53.2. The highest BCUT2D eigenvalue weighted by molar-refractivity contribution is 5.79. The molecule has 8 rings (SSSR count). The molecule has 7 saturated carbocycles. The molecule has 1 heterocycles. The lowest BCUT2D eigenvalue weighted by atomic mass is 9.52. The molecule has 1 saturated heterocycles. The van der Waals surface area contributed by atoms with E-state index in [1.54, 1.807) is 6.92 Å². The minimum Gasteiger partial charge on any atom is -0.459 e. The monoisotopic (exact) mass is 614 g/mol. The standard InChI is InChI=1S/C35H50O9/c1-4-22(30(37)43-33(3)7-5-6-8-33)11-24(31(38)44-35-16-20-10-21(17-35)15-34(40,14-20)18-35)9-19(2)29(36)41-27-23-12-25-26(13-23)32(39)42-28(25)27/h19-28,40H,4-18H2,1-3H3. The van der Waals surface area contributed by atoms with Gasteiger partial charge in [-0.3, -0.25) is 19.2 Å². The van der Waals surface area contributed by atoms with Crippen LogP contribution in [0.15, 0.2) is 0 Å². The van der Waals surface area contributed by atoms with Crippen LogP contribution in [0.4, 0.5) is 0 Å². The summed E-state index contributed by atoms with van der Waals surface area (Å²) in [6.07, 6.45) is 10.1. The molecule has 9 nitrogen and oxygen atoms in total. The van der Waals surface area contributed by atoms with Crippen LogP contribution in [-0.4, -0.2) is 58.0 Å². The zero-order valence-corrected chi connectivity index (χ0v) is 26.6. The van der Waals surface area contributed by atoms with Crippen LogP contribution in [0.2, 0.25) is 0 Å². The number of hydrogen-bond donors (Lipinski definition) is 1. The zero-order chi connectivity index (χ0) is 31.0. The highest BCUT2D eigenvalue weighted by atomic mass is 16.6. The van der Waals surface area contributed by atoms with Gasteiger partial charge in [0.15, 0.2) is 0 Å². The molecule has 44 heavy (non-hydrogen) atoms. The molecule has 1 N–H and O–H groups in total. The first-order chi connectivity index (χ1) is 20.9. The molecule has 0 radical (unpaired) electrons. The van der Waals surface area contributed by atoms with Gasteiger partial charge < -0.3 is 24.1 Å². The van der Waals surface area contributed by atoms with E-state index in [4.69, 9.17) is 18.9 Å². The van der Waals surface area contributed by atoms with Gasteiger partial charge in [-0.2, -0.15) is 0 Å². The van der Waals surface area contributed by atoms with Gasteiger partial charge >= 0.3 is 23.9 Å². The normalized spacial score (nSPS) is 42.5. The topological polar surface area (TPSA) is 125 Å². The maximum atomic E-state index is 14.1. The molecule has 6 bridgehead atoms. The van der Waals surface area contributed by atoms with E-state index >= 15 is 0 Å². The van der Waals surface area contributed by atoms with Crippen molar-refractivity contribution in [2.24, 2.45) is 47.3 Å². The van der Waals surface area contributed by atoms with Crippen molar-refractivity contribution in [3.63, 3.8) is 0 Å². The van der Waals surface area contributed by atoms with Crippen molar-refractivity contribution in [1.82, 2.24) is 0 Å². The Hall–Kier alpha value is -2.16. The Kier molecular flexibility index (Phi) is 7.61. The molecule has 8 fully saturated rings. The summed E-state index contributed by atoms with van der Waals surface area (Å²) in [6.45, 7) is 5.69. The highest BCUT2D eigenvalue weighted by Crippen LogP contribution is 2.59. The van der Waals surface area contributed by atoms with Crippen LogP contribution < -0.4 is 0 Å². The van der Waals surface area contributed by atoms with Gasteiger partial charge in [0.2, 0.25) is 0 Å². The van der Waals surface area contributed by atoms with Gasteiger partial charge in [0.05, 0.1) is 29.3 Å². The number of esters is 4. The predicted molar refractivity (Wildman–Crippen MR) is 157 cm³/mol. The molecule has 0 spiro atoms. The van der Waals surface area contributed by atoms with Gasteiger partial charge in [-0.25, -0.2) is 0 Å². The number of rotatable bonds is 11. The molecule has 1 aliphatic heterocycles. The van der Waals surface area contributed by atoms with Crippen LogP contribution in [0, 0.1) is 47.3 Å². The summed E-state index contributed by atoms with van der Waals surface area (Å²) in [5, 5.41) is 11.3. The van der Waals surface area contributed by atoms with E-state index in [0.717, 1.165) is 64.2 Å². The second-order valence-electron chi connectivity index (χ2n) is 16.3. The Morgan fingerprint density at radius 3 is 2.27 bits per heavy atom. The highest BCUT2D eigenvalue weighted by Gasteiger charge is 2.63. The van der Waals surface area contributed by atoms with Crippen molar-refractivity contribution in [3.05, 3.63) is 0 Å². The molecule has 7 aliphatic carbocycles. The Balaban J connectivity index is 1.05. The van der Waals surface area contributed by atoms with Crippen LogP contribution in [0.5, 0.6) is 0 Å². The fourth-order valence-corrected chi connectivity index (χ4v) is 11.0. The maximum absolute atomic E-state index is 14.1. The number of ether oxygens (including phenoxy) is 4. The molecule has 0 aromatic heterocycles. The average molecular weight is 615 g/mol. The Labute approximate surface area is 260 Å². The first kappa shape index (κ1) is 30.5. The minimum atomic E-state index is -0.771. The van der Waals surface area contributed by atoms with Crippen LogP contribution in [-0.2, 0) is 38.1 Å². The first-order valence-electron chi connectivity index (χ1n) is 17.5. The van der Waals surface area contributed by atoms with E-state index in [-0.39, 0.29) is 54.6 Å². The largest absolute Gasteiger partial charge is 0.459 e. The summed E-state index contributed by atoms with van der Waals surface area (Å²) in [6, 6.07) is 0. The van der Waals surface area contributed by atoms with Crippen molar-refractivity contribution in [2.75, 3.05) is 0 Å². The smallest absolute Gasteiger partial charge is 0.309 e. The quantitative estimate of drug-likeness (QED) is 0.252. The van der Waals surface area contributed by atoms with Crippen LogP contribution in [0.1, 0.15) is 117 Å². The van der Waals surface area contributed by atoms with Gasteiger partial charge in [0, 0.05) is 18.3 Å². The third kappa shape index (κ3) is 5.47. The second-order valence-corrected chi connectivity index (χ2v) is 16.3. The van der Waals surface area contributed by atoms with Gasteiger partial charge in [0.1, 0.15) is 23.4 Å². The Bertz CT molecular complexity index is 1170. The minimum absolute atomic E-state index is 0.0589. The lowest BCUT2D eigenvalue weighted by Crippen LogP contribution is -2.60. The molecular weight excluding hydrogens is 564 g/mol. The van der Waals surface area contributed by atoms with Gasteiger partial charge in [-0.05, 0) is 109 Å². The van der Waals surface area contributed by atoms with Crippen molar-refractivity contribution in [3.8, 4) is 0 Å². The summed E-state index contributed by atoms with van der Waals surface area (Å²) >= 11 is 0. The Morgan fingerprint density at radius 1 is 0.932 bits per heavy atom. The number of carbonyl (C=O) groups excluding carboxylic acids is 4. The van der Waals surface area contributed by atoms with Crippen LogP contribution >= 0.6 is 0 Å². The molecule has 10 atom stereocenters. The molecule has 0 aromatic carbocycles. The summed E-state index contributed by atoms with van der Waals surface area (Å²) in [7, 11) is 0. The molecule has 0 aromatic rings. The van der Waals surface area contributed by atoms with Gasteiger partial charge in [-0.15, -0.1) is 0 Å². The molecule has 9 heteroatoms. The lowest BCUT2D eigenvalue weighted by Gasteiger charge is -2.59. The predicted octanol–water partition coefficient (Wildman–Crippen LogP) is 5.04. The van der Waals surface area contributed by atoms with E-state index in [2.05, 4.69) is 0 Å². The van der Waals surface area contributed by atoms with Crippen molar-refractivity contribution >= 4 is 23.9 Å². The van der Waals surface area contributed by atoms with E-state index in [1.807, 2.05) is 13.8 Å². The number of carbonyl (C=O) groups is 4. The van der Waals surface area contributed by atoms with E-state index in [0.29, 0.717) is 31.1 Å². The van der Waals surface area contributed by atoms with Crippen molar-refractivity contribution < 1.29 is 43.2 Å². The van der Waals surface area contributed by atoms with Gasteiger partial charge in [0.25, 0.3) is 0 Å². The SMILES string of the molecule is CCC(CC(CC(C)C(=O)OC1C2CC3C(=O)OC1C3C2)C(=O)OC12CC3CC(CC(O)(C3)C1)C2)C(=O)OC1(C)CCCC1. The molecule has 0 amide bonds. The third-order valence-corrected chi connectivity index (χ3v) is 12.7. The number of fused-ring (bicyclic) bond motifs is 1. The van der Waals surface area contributed by atoms with E-state index < -0.39 is 46.6 Å². The summed E-state index contributed by atoms with van der Waals surface area (Å²) in [5.41, 5.74) is -1.91. The number of aliphatic hydroxyl groups is 1. The average Bonchev–Trinajstić information content (AvgIpc) is 3.68. The second kappa shape index (κ2) is 11.0. The Morgan fingerprint density at radius 2 is 1.61 bits per heavy atom. The lowest BCUT2D eigenvalue weighted by molar-refractivity contribution is -0.223. The summed E-state index contributed by atoms with van der Waals surface area (Å²) in [5.74, 6) is -2.11. The third-order valence-electron chi connectivity index (χ3n) is 12.7. The van der Waals surface area contributed by atoms with E-state index in [1.165, 1.54) is 0 Å². The molecule has 244 valence electrons. The van der Waals surface area contributed by atoms with Crippen LogP contribution in [0.25, 0.3) is 0 Å². The van der Waals surface area contributed by atoms with Gasteiger partial charge in [-0.1, -0.05) is 13.8 Å². The molecule has 10 unspecified atom stereocenters. The molecule has 8 aliphatic rings. The van der Waals surface area contributed by atoms with Crippen LogP contribution in [0.3, 0.4) is 0 Å². The summed E-state index contributed by atoms with van der Waals surface area (Å²) < 4.78 is 24.0. The number of hydrogen-bond acceptors (Lipinski definition) is 9. The maximum Gasteiger partial charge on any atom is 0.309 e. The van der Waals surface area contributed by atoms with Crippen molar-refractivity contribution in [2.45, 2.75) is 146 Å². The fourth-order valence-electron chi connectivity index (χ4n) is 11.0. The fraction of sp³-hybridized carbons (Fsp3) is 0.886. The molecular formula is C35H50O9.